The predicted octanol–water partition coefficient (Wildman–Crippen LogP) is 1.66. The van der Waals surface area contributed by atoms with Gasteiger partial charge >= 0.3 is 0 Å². The number of amides is 1. The summed E-state index contributed by atoms with van der Waals surface area (Å²) < 4.78 is 26.1. The van der Waals surface area contributed by atoms with Crippen molar-refractivity contribution in [2.75, 3.05) is 18.8 Å². The van der Waals surface area contributed by atoms with Crippen LogP contribution in [0.3, 0.4) is 0 Å². The van der Waals surface area contributed by atoms with Crippen LogP contribution in [0.1, 0.15) is 19.4 Å². The number of aromatic nitrogens is 2. The minimum absolute atomic E-state index is 0.139. The van der Waals surface area contributed by atoms with Crippen LogP contribution in [0.15, 0.2) is 42.7 Å². The third-order valence-electron chi connectivity index (χ3n) is 3.55. The van der Waals surface area contributed by atoms with Gasteiger partial charge in [-0.05, 0) is 37.6 Å². The van der Waals surface area contributed by atoms with E-state index < -0.39 is 15.6 Å². The second kappa shape index (κ2) is 7.41. The van der Waals surface area contributed by atoms with Crippen molar-refractivity contribution in [2.24, 2.45) is 0 Å². The summed E-state index contributed by atoms with van der Waals surface area (Å²) in [5.74, 6) is -0.933. The van der Waals surface area contributed by atoms with E-state index in [-0.39, 0.29) is 11.7 Å². The van der Waals surface area contributed by atoms with Gasteiger partial charge in [0.25, 0.3) is 0 Å². The Labute approximate surface area is 136 Å². The zero-order valence-electron chi connectivity index (χ0n) is 13.3. The van der Waals surface area contributed by atoms with E-state index in [1.54, 1.807) is 23.0 Å². The second-order valence-corrected chi connectivity index (χ2v) is 7.28. The molecule has 0 aliphatic heterocycles. The lowest BCUT2D eigenvalue weighted by Crippen LogP contribution is -2.35. The normalized spacial score (nSPS) is 11.4. The van der Waals surface area contributed by atoms with Crippen molar-refractivity contribution in [1.29, 1.82) is 0 Å². The average molecular weight is 335 g/mol. The third kappa shape index (κ3) is 4.66. The minimum Gasteiger partial charge on any atom is -0.342 e. The molecule has 124 valence electrons. The Morgan fingerprint density at radius 3 is 2.35 bits per heavy atom. The van der Waals surface area contributed by atoms with Crippen LogP contribution in [0.5, 0.6) is 0 Å². The SMILES string of the molecule is CCN(CC)C(=O)CS(=O)(=O)Cc1ccc(-n2cccn2)cc1. The van der Waals surface area contributed by atoms with E-state index >= 15 is 0 Å². The summed E-state index contributed by atoms with van der Waals surface area (Å²) in [6.45, 7) is 4.71. The largest absolute Gasteiger partial charge is 0.342 e. The van der Waals surface area contributed by atoms with Crippen LogP contribution in [0.4, 0.5) is 0 Å². The first-order chi connectivity index (χ1) is 10.9. The second-order valence-electron chi connectivity index (χ2n) is 5.22. The molecule has 0 radical (unpaired) electrons. The van der Waals surface area contributed by atoms with Gasteiger partial charge in [0, 0.05) is 25.5 Å². The Hall–Kier alpha value is -2.15. The third-order valence-corrected chi connectivity index (χ3v) is 5.01. The number of hydrogen-bond donors (Lipinski definition) is 0. The van der Waals surface area contributed by atoms with Crippen LogP contribution >= 0.6 is 0 Å². The Morgan fingerprint density at radius 2 is 1.83 bits per heavy atom. The van der Waals surface area contributed by atoms with Gasteiger partial charge in [-0.2, -0.15) is 5.10 Å². The average Bonchev–Trinajstić information content (AvgIpc) is 3.02. The molecule has 1 aromatic carbocycles. The van der Waals surface area contributed by atoms with Crippen LogP contribution < -0.4 is 0 Å². The van der Waals surface area contributed by atoms with Crippen molar-refractivity contribution in [3.05, 3.63) is 48.3 Å². The van der Waals surface area contributed by atoms with Gasteiger partial charge in [-0.3, -0.25) is 4.79 Å². The van der Waals surface area contributed by atoms with Crippen LogP contribution in [0, 0.1) is 0 Å². The quantitative estimate of drug-likeness (QED) is 0.771. The van der Waals surface area contributed by atoms with Crippen LogP contribution in [-0.4, -0.2) is 47.8 Å². The standard InChI is InChI=1S/C16H21N3O3S/c1-3-18(4-2)16(20)13-23(21,22)12-14-6-8-15(9-7-14)19-11-5-10-17-19/h5-11H,3-4,12-13H2,1-2H3. The monoisotopic (exact) mass is 335 g/mol. The summed E-state index contributed by atoms with van der Waals surface area (Å²) in [4.78, 5) is 13.5. The van der Waals surface area contributed by atoms with Crippen molar-refractivity contribution in [3.8, 4) is 5.69 Å². The number of benzene rings is 1. The molecular formula is C16H21N3O3S. The number of hydrogen-bond acceptors (Lipinski definition) is 4. The molecular weight excluding hydrogens is 314 g/mol. The summed E-state index contributed by atoms with van der Waals surface area (Å²) in [6, 6.07) is 8.93. The van der Waals surface area contributed by atoms with Gasteiger partial charge < -0.3 is 4.90 Å². The van der Waals surface area contributed by atoms with E-state index in [9.17, 15) is 13.2 Å². The Balaban J connectivity index is 2.04. The highest BCUT2D eigenvalue weighted by molar-refractivity contribution is 7.91. The fourth-order valence-electron chi connectivity index (χ4n) is 2.33. The van der Waals surface area contributed by atoms with E-state index in [0.29, 0.717) is 18.7 Å². The van der Waals surface area contributed by atoms with E-state index in [0.717, 1.165) is 5.69 Å². The number of carbonyl (C=O) groups is 1. The van der Waals surface area contributed by atoms with Crippen LogP contribution in [-0.2, 0) is 20.4 Å². The summed E-state index contributed by atoms with van der Waals surface area (Å²) in [5.41, 5.74) is 1.52. The van der Waals surface area contributed by atoms with Gasteiger partial charge in [0.1, 0.15) is 5.75 Å². The summed E-state index contributed by atoms with van der Waals surface area (Å²) in [6.07, 6.45) is 3.49. The molecule has 23 heavy (non-hydrogen) atoms. The number of nitrogens with zero attached hydrogens (tertiary/aromatic N) is 3. The molecule has 1 aromatic heterocycles. The molecule has 0 atom stereocenters. The molecule has 1 heterocycles. The molecule has 1 amide bonds. The molecule has 0 aliphatic carbocycles. The van der Waals surface area contributed by atoms with Gasteiger partial charge in [0.2, 0.25) is 5.91 Å². The van der Waals surface area contributed by atoms with E-state index in [4.69, 9.17) is 0 Å². The Kier molecular flexibility index (Phi) is 5.54. The van der Waals surface area contributed by atoms with Gasteiger partial charge in [-0.1, -0.05) is 12.1 Å². The maximum Gasteiger partial charge on any atom is 0.237 e. The van der Waals surface area contributed by atoms with E-state index in [2.05, 4.69) is 5.10 Å². The molecule has 0 bridgehead atoms. The lowest BCUT2D eigenvalue weighted by Gasteiger charge is -2.18. The fourth-order valence-corrected chi connectivity index (χ4v) is 3.69. The lowest BCUT2D eigenvalue weighted by molar-refractivity contribution is -0.128. The smallest absolute Gasteiger partial charge is 0.237 e. The Morgan fingerprint density at radius 1 is 1.17 bits per heavy atom. The molecule has 0 unspecified atom stereocenters. The molecule has 0 spiro atoms. The predicted molar refractivity (Wildman–Crippen MR) is 89.0 cm³/mol. The number of sulfone groups is 1. The highest BCUT2D eigenvalue weighted by atomic mass is 32.2. The van der Waals surface area contributed by atoms with E-state index in [1.165, 1.54) is 4.90 Å². The zero-order valence-corrected chi connectivity index (χ0v) is 14.2. The summed E-state index contributed by atoms with van der Waals surface area (Å²) in [5, 5.41) is 4.12. The van der Waals surface area contributed by atoms with Crippen LogP contribution in [0.2, 0.25) is 0 Å². The molecule has 7 heteroatoms. The maximum absolute atomic E-state index is 12.2. The Bertz CT molecular complexity index is 733. The van der Waals surface area contributed by atoms with Crippen LogP contribution in [0.25, 0.3) is 5.69 Å². The zero-order chi connectivity index (χ0) is 16.9. The van der Waals surface area contributed by atoms with Crippen molar-refractivity contribution in [3.63, 3.8) is 0 Å². The first-order valence-electron chi connectivity index (χ1n) is 7.52. The van der Waals surface area contributed by atoms with Crippen molar-refractivity contribution >= 4 is 15.7 Å². The van der Waals surface area contributed by atoms with Crippen molar-refractivity contribution in [2.45, 2.75) is 19.6 Å². The minimum atomic E-state index is -3.48. The van der Waals surface area contributed by atoms with Crippen molar-refractivity contribution < 1.29 is 13.2 Å². The molecule has 0 saturated heterocycles. The number of carbonyl (C=O) groups excluding carboxylic acids is 1. The van der Waals surface area contributed by atoms with Gasteiger partial charge in [-0.15, -0.1) is 0 Å². The molecule has 0 N–H and O–H groups in total. The summed E-state index contributed by atoms with van der Waals surface area (Å²) in [7, 11) is -3.48. The summed E-state index contributed by atoms with van der Waals surface area (Å²) >= 11 is 0. The maximum atomic E-state index is 12.2. The fraction of sp³-hybridized carbons (Fsp3) is 0.375. The van der Waals surface area contributed by atoms with Gasteiger partial charge in [0.15, 0.2) is 9.84 Å². The number of rotatable bonds is 7. The molecule has 0 saturated carbocycles. The van der Waals surface area contributed by atoms with Gasteiger partial charge in [0.05, 0.1) is 11.4 Å². The van der Waals surface area contributed by atoms with Gasteiger partial charge in [-0.25, -0.2) is 13.1 Å². The molecule has 6 nitrogen and oxygen atoms in total. The molecule has 0 aliphatic rings. The van der Waals surface area contributed by atoms with E-state index in [1.807, 2.05) is 38.2 Å². The lowest BCUT2D eigenvalue weighted by atomic mass is 10.2. The molecule has 0 fully saturated rings. The van der Waals surface area contributed by atoms with Crippen molar-refractivity contribution in [1.82, 2.24) is 14.7 Å². The molecule has 2 aromatic rings. The first kappa shape index (κ1) is 17.2. The first-order valence-corrected chi connectivity index (χ1v) is 9.34. The topological polar surface area (TPSA) is 72.3 Å². The highest BCUT2D eigenvalue weighted by Crippen LogP contribution is 2.12. The molecule has 2 rings (SSSR count). The highest BCUT2D eigenvalue weighted by Gasteiger charge is 2.20.